The molecular formula is C20H13N3O2S. The average molecular weight is 359 g/mol. The molecule has 1 saturated heterocycles. The quantitative estimate of drug-likeness (QED) is 0.720. The van der Waals surface area contributed by atoms with Crippen molar-refractivity contribution in [1.82, 2.24) is 9.88 Å². The highest BCUT2D eigenvalue weighted by atomic mass is 32.2. The fourth-order valence-electron chi connectivity index (χ4n) is 3.02. The molecule has 5 nitrogen and oxygen atoms in total. The third-order valence-electron chi connectivity index (χ3n) is 4.20. The molecule has 0 atom stereocenters. The van der Waals surface area contributed by atoms with Crippen molar-refractivity contribution in [3.63, 3.8) is 0 Å². The Morgan fingerprint density at radius 1 is 1.15 bits per heavy atom. The van der Waals surface area contributed by atoms with Crippen LogP contribution in [0.4, 0.5) is 4.79 Å². The van der Waals surface area contributed by atoms with Crippen molar-refractivity contribution in [3.05, 3.63) is 77.1 Å². The number of rotatable bonds is 3. The Labute approximate surface area is 153 Å². The molecule has 0 aliphatic carbocycles. The van der Waals surface area contributed by atoms with Gasteiger partial charge in [-0.15, -0.1) is 0 Å². The van der Waals surface area contributed by atoms with E-state index >= 15 is 0 Å². The number of nitrogens with one attached hydrogen (secondary N) is 1. The van der Waals surface area contributed by atoms with Gasteiger partial charge in [0, 0.05) is 35.4 Å². The highest BCUT2D eigenvalue weighted by Crippen LogP contribution is 2.26. The molecule has 0 radical (unpaired) electrons. The van der Waals surface area contributed by atoms with E-state index < -0.39 is 0 Å². The summed E-state index contributed by atoms with van der Waals surface area (Å²) < 4.78 is 2.09. The van der Waals surface area contributed by atoms with E-state index in [-0.39, 0.29) is 10.4 Å². The first-order chi connectivity index (χ1) is 12.6. The number of nitrogens with zero attached hydrogens (tertiary/aromatic N) is 2. The number of carbonyl (C=O) groups is 2. The SMILES string of the molecule is N#Cc1cccc(Cn2ccc3c(C=C4NC(=O)SC4=O)cccc32)c1. The predicted molar refractivity (Wildman–Crippen MR) is 101 cm³/mol. The van der Waals surface area contributed by atoms with Crippen molar-refractivity contribution >= 4 is 39.1 Å². The molecule has 1 N–H and O–H groups in total. The molecular weight excluding hydrogens is 346 g/mol. The van der Waals surface area contributed by atoms with Gasteiger partial charge in [0.25, 0.3) is 5.24 Å². The molecule has 3 aromatic rings. The van der Waals surface area contributed by atoms with Gasteiger partial charge in [-0.25, -0.2) is 0 Å². The topological polar surface area (TPSA) is 74.9 Å². The van der Waals surface area contributed by atoms with Crippen LogP contribution in [0.15, 0.2) is 60.4 Å². The van der Waals surface area contributed by atoms with Gasteiger partial charge in [0.1, 0.15) is 0 Å². The van der Waals surface area contributed by atoms with Crippen LogP contribution >= 0.6 is 11.8 Å². The van der Waals surface area contributed by atoms with Gasteiger partial charge in [-0.2, -0.15) is 5.26 Å². The van der Waals surface area contributed by atoms with Crippen molar-refractivity contribution in [2.24, 2.45) is 0 Å². The van der Waals surface area contributed by atoms with Crippen LogP contribution in [0, 0.1) is 11.3 Å². The van der Waals surface area contributed by atoms with Crippen LogP contribution in [0.2, 0.25) is 0 Å². The van der Waals surface area contributed by atoms with Crippen molar-refractivity contribution in [1.29, 1.82) is 5.26 Å². The second-order valence-corrected chi connectivity index (χ2v) is 6.84. The van der Waals surface area contributed by atoms with Crippen LogP contribution in [0.25, 0.3) is 17.0 Å². The average Bonchev–Trinajstić information content (AvgIpc) is 3.19. The van der Waals surface area contributed by atoms with Gasteiger partial charge in [-0.1, -0.05) is 24.3 Å². The molecule has 1 amide bonds. The van der Waals surface area contributed by atoms with Crippen molar-refractivity contribution in [2.75, 3.05) is 0 Å². The molecule has 126 valence electrons. The normalized spacial score (nSPS) is 15.4. The van der Waals surface area contributed by atoms with E-state index in [1.54, 1.807) is 12.1 Å². The lowest BCUT2D eigenvalue weighted by Gasteiger charge is -2.07. The zero-order chi connectivity index (χ0) is 18.1. The van der Waals surface area contributed by atoms with E-state index in [9.17, 15) is 9.59 Å². The van der Waals surface area contributed by atoms with Gasteiger partial charge >= 0.3 is 0 Å². The Morgan fingerprint density at radius 3 is 2.77 bits per heavy atom. The van der Waals surface area contributed by atoms with E-state index in [1.807, 2.05) is 48.7 Å². The predicted octanol–water partition coefficient (Wildman–Crippen LogP) is 3.89. The molecule has 4 rings (SSSR count). The van der Waals surface area contributed by atoms with Crippen molar-refractivity contribution < 1.29 is 9.59 Å². The molecule has 0 spiro atoms. The van der Waals surface area contributed by atoms with Crippen LogP contribution < -0.4 is 5.32 Å². The molecule has 1 fully saturated rings. The van der Waals surface area contributed by atoms with E-state index in [1.165, 1.54) is 0 Å². The van der Waals surface area contributed by atoms with E-state index in [0.29, 0.717) is 29.6 Å². The summed E-state index contributed by atoms with van der Waals surface area (Å²) in [6.45, 7) is 0.643. The van der Waals surface area contributed by atoms with Gasteiger partial charge in [0.05, 0.1) is 17.3 Å². The minimum atomic E-state index is -0.344. The van der Waals surface area contributed by atoms with Gasteiger partial charge in [-0.3, -0.25) is 9.59 Å². The molecule has 2 aromatic carbocycles. The highest BCUT2D eigenvalue weighted by Gasteiger charge is 2.25. The highest BCUT2D eigenvalue weighted by molar-refractivity contribution is 8.27. The molecule has 1 aromatic heterocycles. The summed E-state index contributed by atoms with van der Waals surface area (Å²) in [5.74, 6) is 0. The van der Waals surface area contributed by atoms with Gasteiger partial charge in [-0.05, 0) is 41.5 Å². The van der Waals surface area contributed by atoms with E-state index in [4.69, 9.17) is 5.26 Å². The lowest BCUT2D eigenvalue weighted by atomic mass is 10.1. The monoisotopic (exact) mass is 359 g/mol. The Bertz CT molecular complexity index is 1120. The summed E-state index contributed by atoms with van der Waals surface area (Å²) in [4.78, 5) is 23.2. The summed E-state index contributed by atoms with van der Waals surface area (Å²) in [5.41, 5.74) is 3.88. The Morgan fingerprint density at radius 2 is 2.00 bits per heavy atom. The van der Waals surface area contributed by atoms with Crippen molar-refractivity contribution in [3.8, 4) is 6.07 Å². The number of carbonyl (C=O) groups excluding carboxylic acids is 2. The smallest absolute Gasteiger partial charge is 0.291 e. The molecule has 2 heterocycles. The zero-order valence-electron chi connectivity index (χ0n) is 13.6. The maximum Gasteiger partial charge on any atom is 0.291 e. The second kappa shape index (κ2) is 6.54. The van der Waals surface area contributed by atoms with Gasteiger partial charge < -0.3 is 9.88 Å². The largest absolute Gasteiger partial charge is 0.343 e. The maximum atomic E-state index is 11.8. The Kier molecular flexibility index (Phi) is 4.07. The number of nitriles is 1. The first-order valence-electron chi connectivity index (χ1n) is 7.96. The number of hydrogen-bond donors (Lipinski definition) is 1. The van der Waals surface area contributed by atoms with Crippen LogP contribution in [0.1, 0.15) is 16.7 Å². The molecule has 1 aliphatic rings. The van der Waals surface area contributed by atoms with Crippen LogP contribution in [0.3, 0.4) is 0 Å². The number of fused-ring (bicyclic) bond motifs is 1. The molecule has 0 bridgehead atoms. The van der Waals surface area contributed by atoms with Gasteiger partial charge in [0.15, 0.2) is 0 Å². The number of aromatic nitrogens is 1. The first kappa shape index (κ1) is 16.2. The fraction of sp³-hybridized carbons (Fsp3) is 0.0500. The number of amides is 1. The zero-order valence-corrected chi connectivity index (χ0v) is 14.4. The summed E-state index contributed by atoms with van der Waals surface area (Å²) in [7, 11) is 0. The fourth-order valence-corrected chi connectivity index (χ4v) is 3.57. The Balaban J connectivity index is 1.71. The lowest BCUT2D eigenvalue weighted by Crippen LogP contribution is -2.10. The number of benzene rings is 2. The third-order valence-corrected chi connectivity index (χ3v) is 4.89. The lowest BCUT2D eigenvalue weighted by molar-refractivity contribution is -0.107. The molecule has 0 saturated carbocycles. The van der Waals surface area contributed by atoms with E-state index in [0.717, 1.165) is 22.0 Å². The summed E-state index contributed by atoms with van der Waals surface area (Å²) in [6, 6.07) is 17.5. The van der Waals surface area contributed by atoms with Crippen molar-refractivity contribution in [2.45, 2.75) is 6.54 Å². The standard InChI is InChI=1S/C20H13N3O2S/c21-11-13-3-1-4-14(9-13)12-23-8-7-16-15(5-2-6-18(16)23)10-17-19(24)26-20(25)22-17/h1-10H,12H2,(H,22,25). The first-order valence-corrected chi connectivity index (χ1v) is 8.77. The third kappa shape index (κ3) is 3.01. The minimum absolute atomic E-state index is 0.264. The number of hydrogen-bond acceptors (Lipinski definition) is 4. The molecule has 1 aliphatic heterocycles. The summed E-state index contributed by atoms with van der Waals surface area (Å²) in [5, 5.41) is 12.0. The molecule has 0 unspecified atom stereocenters. The van der Waals surface area contributed by atoms with Crippen LogP contribution in [-0.2, 0) is 11.3 Å². The molecule has 26 heavy (non-hydrogen) atoms. The molecule has 6 heteroatoms. The summed E-state index contributed by atoms with van der Waals surface area (Å²) in [6.07, 6.45) is 3.69. The summed E-state index contributed by atoms with van der Waals surface area (Å²) >= 11 is 0.675. The second-order valence-electron chi connectivity index (χ2n) is 5.90. The van der Waals surface area contributed by atoms with Gasteiger partial charge in [0.2, 0.25) is 5.12 Å². The van der Waals surface area contributed by atoms with E-state index in [2.05, 4.69) is 16.0 Å². The van der Waals surface area contributed by atoms with Crippen LogP contribution in [0.5, 0.6) is 0 Å². The Hall–Kier alpha value is -3.30. The minimum Gasteiger partial charge on any atom is -0.343 e. The van der Waals surface area contributed by atoms with Crippen LogP contribution in [-0.4, -0.2) is 14.9 Å². The maximum absolute atomic E-state index is 11.8. The number of thioether (sulfide) groups is 1.